The molecule has 1 aromatic carbocycles. The third-order valence-electron chi connectivity index (χ3n) is 6.12. The van der Waals surface area contributed by atoms with Gasteiger partial charge in [-0.3, -0.25) is 0 Å². The summed E-state index contributed by atoms with van der Waals surface area (Å²) in [6, 6.07) is 8.93. The van der Waals surface area contributed by atoms with Gasteiger partial charge >= 0.3 is 0 Å². The van der Waals surface area contributed by atoms with Gasteiger partial charge in [-0.15, -0.1) is 0 Å². The Morgan fingerprint density at radius 1 is 1.05 bits per heavy atom. The molecule has 108 valence electrons. The maximum atomic E-state index is 10.9. The Hall–Kier alpha value is -1.61. The summed E-state index contributed by atoms with van der Waals surface area (Å²) in [5.74, 6) is 1.53. The van der Waals surface area contributed by atoms with E-state index in [0.29, 0.717) is 17.8 Å². The summed E-state index contributed by atoms with van der Waals surface area (Å²) in [5, 5.41) is 10.9. The molecule has 2 heterocycles. The van der Waals surface area contributed by atoms with Crippen LogP contribution in [0.1, 0.15) is 37.3 Å². The third-order valence-corrected chi connectivity index (χ3v) is 6.12. The Kier molecular flexibility index (Phi) is 2.40. The monoisotopic (exact) mass is 280 g/mol. The van der Waals surface area contributed by atoms with E-state index in [4.69, 9.17) is 0 Å². The van der Waals surface area contributed by atoms with Gasteiger partial charge in [-0.2, -0.15) is 0 Å². The lowest BCUT2D eigenvalue weighted by molar-refractivity contribution is -0.0693. The van der Waals surface area contributed by atoms with Crippen LogP contribution in [0, 0.1) is 17.8 Å². The molecule has 2 bridgehead atoms. The quantitative estimate of drug-likeness (QED) is 0.870. The van der Waals surface area contributed by atoms with Gasteiger partial charge in [0.1, 0.15) is 0 Å². The molecule has 1 aliphatic heterocycles. The molecule has 6 rings (SSSR count). The number of aliphatic hydroxyl groups excluding tert-OH is 1. The first kappa shape index (κ1) is 12.0. The zero-order valence-electron chi connectivity index (χ0n) is 12.0. The average molecular weight is 280 g/mol. The molecule has 3 aliphatic carbocycles. The van der Waals surface area contributed by atoms with Crippen molar-refractivity contribution in [3.63, 3.8) is 0 Å². The van der Waals surface area contributed by atoms with Crippen LogP contribution in [0.4, 0.5) is 0 Å². The zero-order valence-corrected chi connectivity index (χ0v) is 12.0. The van der Waals surface area contributed by atoms with Crippen LogP contribution in [0.15, 0.2) is 36.8 Å². The molecule has 0 radical (unpaired) electrons. The predicted molar refractivity (Wildman–Crippen MR) is 80.7 cm³/mol. The van der Waals surface area contributed by atoms with Gasteiger partial charge in [-0.05, 0) is 43.1 Å². The fraction of sp³-hybridized carbons (Fsp3) is 0.500. The second-order valence-electron chi connectivity index (χ2n) is 6.96. The number of rotatable bonds is 1. The van der Waals surface area contributed by atoms with E-state index in [9.17, 15) is 5.11 Å². The minimum absolute atomic E-state index is 0.149. The topological polar surface area (TPSA) is 38.1 Å². The Bertz CT molecular complexity index is 682. The van der Waals surface area contributed by atoms with E-state index in [2.05, 4.69) is 33.8 Å². The molecule has 0 saturated heterocycles. The summed E-state index contributed by atoms with van der Waals surface area (Å²) >= 11 is 0. The van der Waals surface area contributed by atoms with Gasteiger partial charge in [0, 0.05) is 11.5 Å². The van der Waals surface area contributed by atoms with Crippen molar-refractivity contribution in [2.24, 2.45) is 17.8 Å². The van der Waals surface area contributed by atoms with Crippen LogP contribution >= 0.6 is 0 Å². The van der Waals surface area contributed by atoms with E-state index in [0.717, 1.165) is 0 Å². The third kappa shape index (κ3) is 1.50. The molecular weight excluding hydrogens is 260 g/mol. The molecule has 21 heavy (non-hydrogen) atoms. The maximum Gasteiger partial charge on any atom is 0.0956 e. The molecule has 0 spiro atoms. The zero-order chi connectivity index (χ0) is 14.0. The lowest BCUT2D eigenvalue weighted by atomic mass is 9.60. The largest absolute Gasteiger partial charge is 0.392 e. The fourth-order valence-corrected chi connectivity index (χ4v) is 5.17. The van der Waals surface area contributed by atoms with Gasteiger partial charge in [-0.1, -0.05) is 24.3 Å². The van der Waals surface area contributed by atoms with Crippen LogP contribution in [0.3, 0.4) is 0 Å². The first-order valence-corrected chi connectivity index (χ1v) is 8.14. The Labute approximate surface area is 124 Å². The molecule has 3 heteroatoms. The Morgan fingerprint density at radius 2 is 1.81 bits per heavy atom. The summed E-state index contributed by atoms with van der Waals surface area (Å²) in [4.78, 5) is 4.36. The SMILES string of the molecule is O[C@H]1C2CCC(CC2)[C@@H]1[C@@H]1c2ccccc2-c2cncn21. The highest BCUT2D eigenvalue weighted by Gasteiger charge is 2.49. The normalized spacial score (nSPS) is 36.5. The molecule has 3 nitrogen and oxygen atoms in total. The molecule has 0 unspecified atom stereocenters. The number of benzene rings is 1. The number of hydrogen-bond donors (Lipinski definition) is 1. The lowest BCUT2D eigenvalue weighted by Gasteiger charge is -2.49. The van der Waals surface area contributed by atoms with E-state index in [1.807, 2.05) is 12.5 Å². The van der Waals surface area contributed by atoms with Crippen LogP contribution in [0.25, 0.3) is 11.3 Å². The number of hydrogen-bond acceptors (Lipinski definition) is 2. The highest BCUT2D eigenvalue weighted by Crippen LogP contribution is 2.54. The van der Waals surface area contributed by atoms with Gasteiger partial charge in [0.05, 0.1) is 30.4 Å². The molecule has 0 amide bonds. The van der Waals surface area contributed by atoms with Crippen molar-refractivity contribution in [2.45, 2.75) is 37.8 Å². The van der Waals surface area contributed by atoms with Crippen LogP contribution in [-0.2, 0) is 0 Å². The second-order valence-corrected chi connectivity index (χ2v) is 6.96. The van der Waals surface area contributed by atoms with E-state index < -0.39 is 0 Å². The van der Waals surface area contributed by atoms with Gasteiger partial charge in [0.15, 0.2) is 0 Å². The molecular formula is C18H20N2O. The Morgan fingerprint density at radius 3 is 2.62 bits per heavy atom. The lowest BCUT2D eigenvalue weighted by Crippen LogP contribution is -2.47. The minimum atomic E-state index is -0.149. The summed E-state index contributed by atoms with van der Waals surface area (Å²) in [6.45, 7) is 0. The van der Waals surface area contributed by atoms with Crippen molar-refractivity contribution in [3.8, 4) is 11.3 Å². The Balaban J connectivity index is 1.67. The minimum Gasteiger partial charge on any atom is -0.392 e. The van der Waals surface area contributed by atoms with Crippen molar-refractivity contribution >= 4 is 0 Å². The van der Waals surface area contributed by atoms with Crippen LogP contribution in [-0.4, -0.2) is 20.8 Å². The van der Waals surface area contributed by atoms with E-state index in [1.165, 1.54) is 42.5 Å². The number of nitrogens with zero attached hydrogens (tertiary/aromatic N) is 2. The van der Waals surface area contributed by atoms with Crippen molar-refractivity contribution in [2.75, 3.05) is 0 Å². The molecule has 2 aromatic rings. The highest BCUT2D eigenvalue weighted by atomic mass is 16.3. The predicted octanol–water partition coefficient (Wildman–Crippen LogP) is 3.25. The summed E-state index contributed by atoms with van der Waals surface area (Å²) < 4.78 is 2.30. The van der Waals surface area contributed by atoms with Crippen molar-refractivity contribution in [1.29, 1.82) is 0 Å². The number of imidazole rings is 1. The molecule has 3 fully saturated rings. The van der Waals surface area contributed by atoms with Crippen LogP contribution < -0.4 is 0 Å². The molecule has 3 saturated carbocycles. The fourth-order valence-electron chi connectivity index (χ4n) is 5.17. The smallest absolute Gasteiger partial charge is 0.0956 e. The molecule has 4 aliphatic rings. The number of aliphatic hydroxyl groups is 1. The second kappa shape index (κ2) is 4.20. The van der Waals surface area contributed by atoms with Gasteiger partial charge in [0.25, 0.3) is 0 Å². The summed E-state index contributed by atoms with van der Waals surface area (Å²) in [6.07, 6.45) is 8.77. The maximum absolute atomic E-state index is 10.9. The summed E-state index contributed by atoms with van der Waals surface area (Å²) in [5.41, 5.74) is 3.89. The van der Waals surface area contributed by atoms with Gasteiger partial charge < -0.3 is 9.67 Å². The van der Waals surface area contributed by atoms with Crippen molar-refractivity contribution in [3.05, 3.63) is 42.4 Å². The van der Waals surface area contributed by atoms with Crippen molar-refractivity contribution in [1.82, 2.24) is 9.55 Å². The number of fused-ring (bicyclic) bond motifs is 6. The van der Waals surface area contributed by atoms with Crippen LogP contribution in [0.5, 0.6) is 0 Å². The van der Waals surface area contributed by atoms with E-state index in [1.54, 1.807) is 0 Å². The number of aromatic nitrogens is 2. The first-order chi connectivity index (χ1) is 10.3. The van der Waals surface area contributed by atoms with Crippen molar-refractivity contribution < 1.29 is 5.11 Å². The molecule has 3 atom stereocenters. The molecule has 1 N–H and O–H groups in total. The molecule has 1 aromatic heterocycles. The van der Waals surface area contributed by atoms with Crippen LogP contribution in [0.2, 0.25) is 0 Å². The summed E-state index contributed by atoms with van der Waals surface area (Å²) in [7, 11) is 0. The van der Waals surface area contributed by atoms with E-state index in [-0.39, 0.29) is 12.1 Å². The highest BCUT2D eigenvalue weighted by molar-refractivity contribution is 5.69. The standard InChI is InChI=1S/C18H20N2O/c21-18-12-7-5-11(6-8-12)16(18)17-14-4-2-1-3-13(14)15-9-19-10-20(15)17/h1-4,9-12,16-18,21H,5-8H2/t11?,12?,16-,17+,18+/m1/s1. The van der Waals surface area contributed by atoms with Gasteiger partial charge in [-0.25, -0.2) is 4.98 Å². The van der Waals surface area contributed by atoms with E-state index >= 15 is 0 Å². The van der Waals surface area contributed by atoms with Gasteiger partial charge in [0.2, 0.25) is 0 Å². The average Bonchev–Trinajstić information content (AvgIpc) is 3.10. The first-order valence-electron chi connectivity index (χ1n) is 8.14.